The number of methoxy groups -OCH3 is 1. The summed E-state index contributed by atoms with van der Waals surface area (Å²) < 4.78 is 12.7. The molecule has 0 saturated carbocycles. The summed E-state index contributed by atoms with van der Waals surface area (Å²) in [6.45, 7) is 2.28. The number of hydrogen-bond acceptors (Lipinski definition) is 4. The Morgan fingerprint density at radius 2 is 2.14 bits per heavy atom. The highest BCUT2D eigenvalue weighted by Crippen LogP contribution is 2.29. The number of carbonyl (C=O) groups is 1. The number of benzene rings is 1. The van der Waals surface area contributed by atoms with Crippen LogP contribution in [-0.2, 0) is 20.1 Å². The van der Waals surface area contributed by atoms with Crippen molar-refractivity contribution in [2.75, 3.05) is 7.11 Å². The maximum atomic E-state index is 10.8. The summed E-state index contributed by atoms with van der Waals surface area (Å²) in [5.41, 5.74) is 2.18. The van der Waals surface area contributed by atoms with Crippen molar-refractivity contribution in [1.82, 2.24) is 9.78 Å². The van der Waals surface area contributed by atoms with E-state index in [9.17, 15) is 4.79 Å². The molecule has 0 saturated heterocycles. The first-order valence-corrected chi connectivity index (χ1v) is 6.94. The van der Waals surface area contributed by atoms with Crippen molar-refractivity contribution in [3.05, 3.63) is 40.2 Å². The van der Waals surface area contributed by atoms with Crippen LogP contribution in [0.2, 0.25) is 5.02 Å². The maximum Gasteiger partial charge on any atom is 0.161 e. The van der Waals surface area contributed by atoms with E-state index in [2.05, 4.69) is 5.10 Å². The second-order valence-corrected chi connectivity index (χ2v) is 4.88. The minimum Gasteiger partial charge on any atom is -0.493 e. The Morgan fingerprint density at radius 3 is 2.71 bits per heavy atom. The zero-order valence-electron chi connectivity index (χ0n) is 12.2. The second kappa shape index (κ2) is 6.63. The average Bonchev–Trinajstić information content (AvgIpc) is 2.79. The third kappa shape index (κ3) is 3.19. The van der Waals surface area contributed by atoms with Crippen molar-refractivity contribution < 1.29 is 14.3 Å². The largest absolute Gasteiger partial charge is 0.493 e. The second-order valence-electron chi connectivity index (χ2n) is 4.50. The SMILES string of the molecule is CCc1nn(C)c(COc2ccc(C=O)cc2OC)c1Cl. The van der Waals surface area contributed by atoms with E-state index in [0.29, 0.717) is 22.1 Å². The Balaban J connectivity index is 2.20. The number of hydrogen-bond donors (Lipinski definition) is 0. The van der Waals surface area contributed by atoms with Gasteiger partial charge in [0.05, 0.1) is 23.5 Å². The minimum absolute atomic E-state index is 0.277. The van der Waals surface area contributed by atoms with Gasteiger partial charge < -0.3 is 9.47 Å². The number of aldehydes is 1. The molecule has 0 aliphatic rings. The van der Waals surface area contributed by atoms with Crippen LogP contribution < -0.4 is 9.47 Å². The topological polar surface area (TPSA) is 53.4 Å². The predicted octanol–water partition coefficient (Wildman–Crippen LogP) is 3.04. The van der Waals surface area contributed by atoms with Gasteiger partial charge in [0, 0.05) is 12.6 Å². The first kappa shape index (κ1) is 15.4. The molecular weight excluding hydrogens is 292 g/mol. The minimum atomic E-state index is 0.277. The molecule has 0 unspecified atom stereocenters. The van der Waals surface area contributed by atoms with E-state index < -0.39 is 0 Å². The summed E-state index contributed by atoms with van der Waals surface area (Å²) in [4.78, 5) is 10.8. The molecule has 0 aliphatic heterocycles. The van der Waals surface area contributed by atoms with Crippen molar-refractivity contribution in [2.24, 2.45) is 7.05 Å². The predicted molar refractivity (Wildman–Crippen MR) is 80.3 cm³/mol. The van der Waals surface area contributed by atoms with E-state index in [-0.39, 0.29) is 6.61 Å². The zero-order valence-corrected chi connectivity index (χ0v) is 13.0. The van der Waals surface area contributed by atoms with Gasteiger partial charge in [-0.2, -0.15) is 5.10 Å². The molecule has 0 fully saturated rings. The first-order chi connectivity index (χ1) is 10.1. The molecule has 2 rings (SSSR count). The van der Waals surface area contributed by atoms with E-state index in [4.69, 9.17) is 21.1 Å². The van der Waals surface area contributed by atoms with Crippen molar-refractivity contribution >= 4 is 17.9 Å². The summed E-state index contributed by atoms with van der Waals surface area (Å²) in [5.74, 6) is 1.06. The zero-order chi connectivity index (χ0) is 15.4. The number of halogens is 1. The van der Waals surface area contributed by atoms with Gasteiger partial charge in [-0.05, 0) is 24.6 Å². The molecule has 0 N–H and O–H groups in total. The molecule has 0 bridgehead atoms. The highest BCUT2D eigenvalue weighted by atomic mass is 35.5. The Bertz CT molecular complexity index is 653. The van der Waals surface area contributed by atoms with Crippen molar-refractivity contribution in [3.8, 4) is 11.5 Å². The van der Waals surface area contributed by atoms with Crippen LogP contribution in [0.25, 0.3) is 0 Å². The van der Waals surface area contributed by atoms with Crippen LogP contribution >= 0.6 is 11.6 Å². The highest BCUT2D eigenvalue weighted by Gasteiger charge is 2.14. The van der Waals surface area contributed by atoms with Gasteiger partial charge in [-0.25, -0.2) is 0 Å². The van der Waals surface area contributed by atoms with Crippen LogP contribution in [0.4, 0.5) is 0 Å². The van der Waals surface area contributed by atoms with Gasteiger partial charge in [-0.3, -0.25) is 9.48 Å². The van der Waals surface area contributed by atoms with Gasteiger partial charge in [0.15, 0.2) is 11.5 Å². The fourth-order valence-corrected chi connectivity index (χ4v) is 2.35. The normalized spacial score (nSPS) is 10.5. The van der Waals surface area contributed by atoms with Crippen LogP contribution in [0.5, 0.6) is 11.5 Å². The van der Waals surface area contributed by atoms with E-state index in [1.165, 1.54) is 7.11 Å². The molecule has 2 aromatic rings. The Kier molecular flexibility index (Phi) is 4.85. The number of rotatable bonds is 6. The number of aryl methyl sites for hydroxylation is 2. The third-order valence-electron chi connectivity index (χ3n) is 3.19. The number of ether oxygens (including phenoxy) is 2. The molecule has 0 amide bonds. The smallest absolute Gasteiger partial charge is 0.161 e. The van der Waals surface area contributed by atoms with Crippen molar-refractivity contribution in [3.63, 3.8) is 0 Å². The number of carbonyl (C=O) groups excluding carboxylic acids is 1. The monoisotopic (exact) mass is 308 g/mol. The number of nitrogens with zero attached hydrogens (tertiary/aromatic N) is 2. The number of aromatic nitrogens is 2. The molecule has 0 spiro atoms. The summed E-state index contributed by atoms with van der Waals surface area (Å²) >= 11 is 6.28. The molecule has 21 heavy (non-hydrogen) atoms. The van der Waals surface area contributed by atoms with E-state index in [0.717, 1.165) is 24.1 Å². The molecule has 0 radical (unpaired) electrons. The van der Waals surface area contributed by atoms with Crippen LogP contribution in [0, 0.1) is 0 Å². The lowest BCUT2D eigenvalue weighted by molar-refractivity contribution is 0.112. The molecule has 5 nitrogen and oxygen atoms in total. The molecule has 0 atom stereocenters. The van der Waals surface area contributed by atoms with Gasteiger partial charge in [-0.1, -0.05) is 18.5 Å². The van der Waals surface area contributed by atoms with E-state index >= 15 is 0 Å². The van der Waals surface area contributed by atoms with Gasteiger partial charge in [0.25, 0.3) is 0 Å². The standard InChI is InChI=1S/C15H17ClN2O3/c1-4-11-15(16)12(18(2)17-11)9-21-13-6-5-10(8-19)7-14(13)20-3/h5-8H,4,9H2,1-3H3. The van der Waals surface area contributed by atoms with Gasteiger partial charge in [0.1, 0.15) is 12.9 Å². The maximum absolute atomic E-state index is 10.8. The molecule has 1 aromatic carbocycles. The van der Waals surface area contributed by atoms with Crippen molar-refractivity contribution in [1.29, 1.82) is 0 Å². The van der Waals surface area contributed by atoms with Crippen LogP contribution in [0.1, 0.15) is 28.7 Å². The fourth-order valence-electron chi connectivity index (χ4n) is 2.00. The quantitative estimate of drug-likeness (QED) is 0.770. The average molecular weight is 309 g/mol. The lowest BCUT2D eigenvalue weighted by Gasteiger charge is -2.11. The van der Waals surface area contributed by atoms with Gasteiger partial charge in [0.2, 0.25) is 0 Å². The summed E-state index contributed by atoms with van der Waals surface area (Å²) in [7, 11) is 3.36. The Morgan fingerprint density at radius 1 is 1.38 bits per heavy atom. The Hall–Kier alpha value is -2.01. The van der Waals surface area contributed by atoms with Gasteiger partial charge in [-0.15, -0.1) is 0 Å². The molecule has 0 aliphatic carbocycles. The lowest BCUT2D eigenvalue weighted by Crippen LogP contribution is -2.04. The van der Waals surface area contributed by atoms with Crippen LogP contribution in [-0.4, -0.2) is 23.2 Å². The summed E-state index contributed by atoms with van der Waals surface area (Å²) in [5, 5.41) is 4.97. The van der Waals surface area contributed by atoms with Gasteiger partial charge >= 0.3 is 0 Å². The first-order valence-electron chi connectivity index (χ1n) is 6.57. The molecular formula is C15H17ClN2O3. The third-order valence-corrected chi connectivity index (χ3v) is 3.63. The highest BCUT2D eigenvalue weighted by molar-refractivity contribution is 6.31. The molecule has 1 aromatic heterocycles. The van der Waals surface area contributed by atoms with Crippen LogP contribution in [0.15, 0.2) is 18.2 Å². The van der Waals surface area contributed by atoms with E-state index in [1.54, 1.807) is 22.9 Å². The van der Waals surface area contributed by atoms with Crippen molar-refractivity contribution in [2.45, 2.75) is 20.0 Å². The summed E-state index contributed by atoms with van der Waals surface area (Å²) in [6.07, 6.45) is 1.53. The summed E-state index contributed by atoms with van der Waals surface area (Å²) in [6, 6.07) is 5.01. The fraction of sp³-hybridized carbons (Fsp3) is 0.333. The van der Waals surface area contributed by atoms with E-state index in [1.807, 2.05) is 14.0 Å². The molecule has 1 heterocycles. The van der Waals surface area contributed by atoms with Crippen LogP contribution in [0.3, 0.4) is 0 Å². The Labute approximate surface area is 128 Å². The molecule has 6 heteroatoms. The molecule has 112 valence electrons. The lowest BCUT2D eigenvalue weighted by atomic mass is 10.2.